The van der Waals surface area contributed by atoms with Crippen LogP contribution < -0.4 is 25.2 Å². The van der Waals surface area contributed by atoms with E-state index in [4.69, 9.17) is 9.47 Å². The Hall–Kier alpha value is -4.11. The molecule has 3 aromatic rings. The number of rotatable bonds is 7. The molecule has 0 aromatic heterocycles. The lowest BCUT2D eigenvalue weighted by Gasteiger charge is -2.14. The summed E-state index contributed by atoms with van der Waals surface area (Å²) in [6, 6.07) is 19.5. The maximum absolute atomic E-state index is 12.9. The highest BCUT2D eigenvalue weighted by molar-refractivity contribution is 9.10. The second kappa shape index (κ2) is 10.4. The highest BCUT2D eigenvalue weighted by atomic mass is 79.9. The summed E-state index contributed by atoms with van der Waals surface area (Å²) in [6.45, 7) is 1.73. The van der Waals surface area contributed by atoms with Gasteiger partial charge in [-0.2, -0.15) is 0 Å². The summed E-state index contributed by atoms with van der Waals surface area (Å²) in [6.07, 6.45) is 1.47. The predicted molar refractivity (Wildman–Crippen MR) is 136 cm³/mol. The van der Waals surface area contributed by atoms with E-state index in [2.05, 4.69) is 26.7 Å². The van der Waals surface area contributed by atoms with Gasteiger partial charge in [-0.15, -0.1) is 0 Å². The zero-order chi connectivity index (χ0) is 24.9. The zero-order valence-electron chi connectivity index (χ0n) is 19.0. The molecule has 0 bridgehead atoms. The molecule has 35 heavy (non-hydrogen) atoms. The minimum atomic E-state index is -0.516. The van der Waals surface area contributed by atoms with E-state index >= 15 is 0 Å². The van der Waals surface area contributed by atoms with E-state index in [1.807, 2.05) is 37.3 Å². The monoisotopic (exact) mass is 535 g/mol. The van der Waals surface area contributed by atoms with Gasteiger partial charge in [-0.25, -0.2) is 5.01 Å². The average molecular weight is 536 g/mol. The molecule has 9 heteroatoms. The molecule has 1 saturated heterocycles. The van der Waals surface area contributed by atoms with E-state index in [1.54, 1.807) is 36.4 Å². The molecule has 1 fully saturated rings. The minimum Gasteiger partial charge on any atom is -0.493 e. The van der Waals surface area contributed by atoms with Gasteiger partial charge in [0.2, 0.25) is 0 Å². The number of para-hydroxylation sites is 1. The number of aryl methyl sites for hydroxylation is 1. The number of ether oxygens (including phenoxy) is 2. The van der Waals surface area contributed by atoms with E-state index in [0.717, 1.165) is 5.56 Å². The third kappa shape index (κ3) is 5.52. The Labute approximate surface area is 210 Å². The molecule has 178 valence electrons. The van der Waals surface area contributed by atoms with Crippen LogP contribution >= 0.6 is 15.9 Å². The number of hydrogen-bond donors (Lipinski definition) is 2. The van der Waals surface area contributed by atoms with Crippen molar-refractivity contribution in [1.29, 1.82) is 0 Å². The first kappa shape index (κ1) is 24.0. The number of halogens is 1. The highest BCUT2D eigenvalue weighted by Gasteiger charge is 2.34. The first-order valence-corrected chi connectivity index (χ1v) is 11.4. The Morgan fingerprint density at radius 3 is 2.46 bits per heavy atom. The molecule has 3 amide bonds. The Bertz CT molecular complexity index is 1310. The van der Waals surface area contributed by atoms with Crippen molar-refractivity contribution in [2.75, 3.05) is 24.0 Å². The molecule has 4 rings (SSSR count). The van der Waals surface area contributed by atoms with Crippen LogP contribution in [-0.2, 0) is 14.4 Å². The average Bonchev–Trinajstić information content (AvgIpc) is 3.14. The summed E-state index contributed by atoms with van der Waals surface area (Å²) in [4.78, 5) is 37.6. The lowest BCUT2D eigenvalue weighted by Crippen LogP contribution is -2.35. The molecule has 0 radical (unpaired) electrons. The van der Waals surface area contributed by atoms with Crippen molar-refractivity contribution in [3.8, 4) is 11.5 Å². The van der Waals surface area contributed by atoms with Crippen molar-refractivity contribution < 1.29 is 23.9 Å². The van der Waals surface area contributed by atoms with Gasteiger partial charge in [0.15, 0.2) is 18.1 Å². The third-order valence-corrected chi connectivity index (χ3v) is 5.87. The smallest absolute Gasteiger partial charge is 0.282 e. The Morgan fingerprint density at radius 2 is 1.77 bits per heavy atom. The van der Waals surface area contributed by atoms with E-state index < -0.39 is 11.8 Å². The Morgan fingerprint density at radius 1 is 1.06 bits per heavy atom. The molecule has 0 aliphatic carbocycles. The van der Waals surface area contributed by atoms with Crippen molar-refractivity contribution in [3.63, 3.8) is 0 Å². The van der Waals surface area contributed by atoms with E-state index in [9.17, 15) is 14.4 Å². The standard InChI is InChI=1S/C26H22BrN3O5/c1-16-8-10-18(11-9-16)28-24(31)15-35-23-14-21(27)17(13-22(23)34-2)12-20-25(32)29-30(26(20)33)19-6-4-3-5-7-19/h3-14H,15H2,1-2H3,(H,28,31)(H,29,32)/b20-12-. The van der Waals surface area contributed by atoms with Crippen LogP contribution in [0.3, 0.4) is 0 Å². The lowest BCUT2D eigenvalue weighted by atomic mass is 10.1. The summed E-state index contributed by atoms with van der Waals surface area (Å²) < 4.78 is 11.6. The maximum Gasteiger partial charge on any atom is 0.282 e. The van der Waals surface area contributed by atoms with E-state index in [0.29, 0.717) is 32.9 Å². The fourth-order valence-corrected chi connectivity index (χ4v) is 3.82. The van der Waals surface area contributed by atoms with Gasteiger partial charge in [0.25, 0.3) is 17.7 Å². The van der Waals surface area contributed by atoms with Crippen LogP contribution in [-0.4, -0.2) is 31.4 Å². The van der Waals surface area contributed by atoms with Crippen molar-refractivity contribution in [3.05, 3.63) is 87.9 Å². The molecule has 0 unspecified atom stereocenters. The fraction of sp³-hybridized carbons (Fsp3) is 0.115. The van der Waals surface area contributed by atoms with Crippen molar-refractivity contribution in [2.24, 2.45) is 0 Å². The number of carbonyl (C=O) groups is 3. The van der Waals surface area contributed by atoms with Gasteiger partial charge in [0.1, 0.15) is 5.57 Å². The number of amides is 3. The summed E-state index contributed by atoms with van der Waals surface area (Å²) in [5.74, 6) is -0.645. The number of hydrazine groups is 1. The van der Waals surface area contributed by atoms with Gasteiger partial charge in [0.05, 0.1) is 12.8 Å². The topological polar surface area (TPSA) is 97.0 Å². The molecule has 3 aromatic carbocycles. The molecule has 1 aliphatic rings. The van der Waals surface area contributed by atoms with Gasteiger partial charge >= 0.3 is 0 Å². The highest BCUT2D eigenvalue weighted by Crippen LogP contribution is 2.35. The number of benzene rings is 3. The van der Waals surface area contributed by atoms with Gasteiger partial charge in [-0.05, 0) is 55.0 Å². The zero-order valence-corrected chi connectivity index (χ0v) is 20.6. The van der Waals surface area contributed by atoms with Crippen LogP contribution in [0.25, 0.3) is 6.08 Å². The van der Waals surface area contributed by atoms with Crippen molar-refractivity contribution in [1.82, 2.24) is 5.43 Å². The van der Waals surface area contributed by atoms with Gasteiger partial charge in [0, 0.05) is 10.2 Å². The van der Waals surface area contributed by atoms with Crippen LogP contribution in [0.1, 0.15) is 11.1 Å². The summed E-state index contributed by atoms with van der Waals surface area (Å²) in [5.41, 5.74) is 5.39. The normalized spacial score (nSPS) is 14.1. The molecule has 8 nitrogen and oxygen atoms in total. The van der Waals surface area contributed by atoms with Crippen LogP contribution in [0.5, 0.6) is 11.5 Å². The number of nitrogens with zero attached hydrogens (tertiary/aromatic N) is 1. The largest absolute Gasteiger partial charge is 0.493 e. The molecule has 0 atom stereocenters. The quantitative estimate of drug-likeness (QED) is 0.348. The Balaban J connectivity index is 1.50. The first-order valence-electron chi connectivity index (χ1n) is 10.6. The second-order valence-electron chi connectivity index (χ2n) is 7.70. The maximum atomic E-state index is 12.9. The van der Waals surface area contributed by atoms with Crippen molar-refractivity contribution >= 4 is 51.1 Å². The number of hydrogen-bond acceptors (Lipinski definition) is 5. The van der Waals surface area contributed by atoms with Gasteiger partial charge in [-0.3, -0.25) is 19.8 Å². The summed E-state index contributed by atoms with van der Waals surface area (Å²) in [5, 5.41) is 3.96. The molecule has 0 saturated carbocycles. The molecular formula is C26H22BrN3O5. The van der Waals surface area contributed by atoms with Gasteiger partial charge < -0.3 is 14.8 Å². The Kier molecular flexibility index (Phi) is 7.17. The van der Waals surface area contributed by atoms with Crippen molar-refractivity contribution in [2.45, 2.75) is 6.92 Å². The van der Waals surface area contributed by atoms with Crippen LogP contribution in [0, 0.1) is 6.92 Å². The SMILES string of the molecule is COc1cc(/C=C2/C(=O)NN(c3ccccc3)C2=O)c(Br)cc1OCC(=O)Nc1ccc(C)cc1. The number of carbonyl (C=O) groups excluding carboxylic acids is 3. The second-order valence-corrected chi connectivity index (χ2v) is 8.56. The lowest BCUT2D eigenvalue weighted by molar-refractivity contribution is -0.118. The number of methoxy groups -OCH3 is 1. The van der Waals surface area contributed by atoms with Crippen LogP contribution in [0.15, 0.2) is 76.8 Å². The molecule has 1 heterocycles. The first-order chi connectivity index (χ1) is 16.9. The summed E-state index contributed by atoms with van der Waals surface area (Å²) in [7, 11) is 1.46. The summed E-state index contributed by atoms with van der Waals surface area (Å²) >= 11 is 3.45. The van der Waals surface area contributed by atoms with E-state index in [1.165, 1.54) is 18.2 Å². The fourth-order valence-electron chi connectivity index (χ4n) is 3.38. The minimum absolute atomic E-state index is 0.0252. The molecule has 2 N–H and O–H groups in total. The number of anilines is 2. The van der Waals surface area contributed by atoms with E-state index in [-0.39, 0.29) is 18.1 Å². The predicted octanol–water partition coefficient (Wildman–Crippen LogP) is 4.25. The number of nitrogens with one attached hydrogen (secondary N) is 2. The third-order valence-electron chi connectivity index (χ3n) is 5.18. The van der Waals surface area contributed by atoms with Crippen LogP contribution in [0.4, 0.5) is 11.4 Å². The van der Waals surface area contributed by atoms with Crippen LogP contribution in [0.2, 0.25) is 0 Å². The molecule has 1 aliphatic heterocycles. The molecular weight excluding hydrogens is 514 g/mol. The van der Waals surface area contributed by atoms with Gasteiger partial charge in [-0.1, -0.05) is 51.8 Å². The molecule has 0 spiro atoms.